The van der Waals surface area contributed by atoms with Crippen molar-refractivity contribution in [2.24, 2.45) is 11.8 Å². The van der Waals surface area contributed by atoms with E-state index in [1.807, 2.05) is 0 Å². The summed E-state index contributed by atoms with van der Waals surface area (Å²) in [6, 6.07) is 0. The summed E-state index contributed by atoms with van der Waals surface area (Å²) in [5.41, 5.74) is -0.00569. The van der Waals surface area contributed by atoms with Gasteiger partial charge >= 0.3 is 0 Å². The summed E-state index contributed by atoms with van der Waals surface area (Å²) >= 11 is 0. The summed E-state index contributed by atoms with van der Waals surface area (Å²) in [7, 11) is 2.25. The molecule has 4 nitrogen and oxygen atoms in total. The number of hydrogen-bond donors (Lipinski definition) is 2. The van der Waals surface area contributed by atoms with Crippen LogP contribution in [0.2, 0.25) is 0 Å². The van der Waals surface area contributed by atoms with Gasteiger partial charge in [-0.1, -0.05) is 13.3 Å². The van der Waals surface area contributed by atoms with E-state index >= 15 is 0 Å². The third kappa shape index (κ3) is 4.65. The number of nitrogens with one attached hydrogen (secondary N) is 1. The zero-order valence-corrected chi connectivity index (χ0v) is 13.9. The highest BCUT2D eigenvalue weighted by atomic mass is 16.5. The normalized spacial score (nSPS) is 31.1. The number of likely N-dealkylation sites (N-methyl/N-ethyl adjacent to an activating group) is 1. The molecule has 2 aliphatic rings. The van der Waals surface area contributed by atoms with Crippen molar-refractivity contribution >= 4 is 0 Å². The molecule has 2 unspecified atom stereocenters. The first-order valence-electron chi connectivity index (χ1n) is 8.82. The Labute approximate surface area is 130 Å². The quantitative estimate of drug-likeness (QED) is 0.718. The largest absolute Gasteiger partial charge is 0.394 e. The molecule has 1 saturated heterocycles. The lowest BCUT2D eigenvalue weighted by Crippen LogP contribution is -2.52. The van der Waals surface area contributed by atoms with E-state index in [1.165, 1.54) is 38.6 Å². The second-order valence-electron chi connectivity index (χ2n) is 7.04. The molecule has 0 aromatic heterocycles. The average Bonchev–Trinajstić information content (AvgIpc) is 2.90. The van der Waals surface area contributed by atoms with Crippen molar-refractivity contribution in [3.8, 4) is 0 Å². The highest BCUT2D eigenvalue weighted by molar-refractivity contribution is 4.98. The van der Waals surface area contributed by atoms with E-state index in [4.69, 9.17) is 4.74 Å². The van der Waals surface area contributed by atoms with Crippen molar-refractivity contribution in [1.82, 2.24) is 10.2 Å². The van der Waals surface area contributed by atoms with Gasteiger partial charge in [0.1, 0.15) is 0 Å². The van der Waals surface area contributed by atoms with Crippen LogP contribution >= 0.6 is 0 Å². The first-order chi connectivity index (χ1) is 10.2. The second kappa shape index (κ2) is 8.47. The van der Waals surface area contributed by atoms with E-state index in [0.717, 1.165) is 38.6 Å². The maximum absolute atomic E-state index is 9.85. The van der Waals surface area contributed by atoms with Gasteiger partial charge < -0.3 is 20.1 Å². The van der Waals surface area contributed by atoms with Crippen LogP contribution in [0.25, 0.3) is 0 Å². The molecule has 1 heterocycles. The standard InChI is InChI=1S/C17H34N2O2/c1-3-18-17(14-20)9-4-5-16(17)6-10-19(2)13-15-7-11-21-12-8-15/h15-16,18,20H,3-14H2,1-2H3. The van der Waals surface area contributed by atoms with Crippen LogP contribution in [0.5, 0.6) is 0 Å². The minimum Gasteiger partial charge on any atom is -0.394 e. The second-order valence-corrected chi connectivity index (χ2v) is 7.04. The Bertz CT molecular complexity index is 295. The Hall–Kier alpha value is -0.160. The Kier molecular flexibility index (Phi) is 6.93. The molecule has 0 spiro atoms. The third-order valence-electron chi connectivity index (χ3n) is 5.54. The molecule has 1 aliphatic heterocycles. The van der Waals surface area contributed by atoms with E-state index in [0.29, 0.717) is 5.92 Å². The van der Waals surface area contributed by atoms with Gasteiger partial charge in [0.05, 0.1) is 6.61 Å². The number of ether oxygens (including phenoxy) is 1. The van der Waals surface area contributed by atoms with Gasteiger partial charge in [-0.3, -0.25) is 0 Å². The molecule has 0 bridgehead atoms. The van der Waals surface area contributed by atoms with Crippen molar-refractivity contribution in [2.45, 2.75) is 51.0 Å². The predicted molar refractivity (Wildman–Crippen MR) is 86.5 cm³/mol. The molecule has 0 radical (unpaired) electrons. The number of aliphatic hydroxyl groups excluding tert-OH is 1. The van der Waals surface area contributed by atoms with Crippen LogP contribution in [0.3, 0.4) is 0 Å². The molecule has 21 heavy (non-hydrogen) atoms. The molecule has 2 atom stereocenters. The van der Waals surface area contributed by atoms with Crippen LogP contribution in [0.15, 0.2) is 0 Å². The molecular weight excluding hydrogens is 264 g/mol. The molecule has 0 aromatic carbocycles. The topological polar surface area (TPSA) is 44.7 Å². The van der Waals surface area contributed by atoms with Gasteiger partial charge in [-0.15, -0.1) is 0 Å². The van der Waals surface area contributed by atoms with E-state index in [1.54, 1.807) is 0 Å². The van der Waals surface area contributed by atoms with Gasteiger partial charge in [0, 0.05) is 25.3 Å². The Balaban J connectivity index is 1.75. The zero-order valence-electron chi connectivity index (χ0n) is 13.9. The first-order valence-corrected chi connectivity index (χ1v) is 8.82. The molecular formula is C17H34N2O2. The van der Waals surface area contributed by atoms with Crippen LogP contribution in [-0.2, 0) is 4.74 Å². The van der Waals surface area contributed by atoms with Crippen LogP contribution < -0.4 is 5.32 Å². The Morgan fingerprint density at radius 3 is 2.71 bits per heavy atom. The summed E-state index contributed by atoms with van der Waals surface area (Å²) in [5, 5.41) is 13.4. The van der Waals surface area contributed by atoms with Crippen LogP contribution in [0, 0.1) is 11.8 Å². The molecule has 2 N–H and O–H groups in total. The number of nitrogens with zero attached hydrogens (tertiary/aromatic N) is 1. The number of aliphatic hydroxyl groups is 1. The maximum atomic E-state index is 9.85. The Morgan fingerprint density at radius 2 is 2.05 bits per heavy atom. The molecule has 2 rings (SSSR count). The van der Waals surface area contributed by atoms with Crippen molar-refractivity contribution in [2.75, 3.05) is 46.5 Å². The van der Waals surface area contributed by atoms with Crippen LogP contribution in [0.4, 0.5) is 0 Å². The lowest BCUT2D eigenvalue weighted by Gasteiger charge is -2.36. The molecule has 0 aromatic rings. The monoisotopic (exact) mass is 298 g/mol. The molecule has 2 fully saturated rings. The molecule has 124 valence electrons. The van der Waals surface area contributed by atoms with Gasteiger partial charge in [-0.25, -0.2) is 0 Å². The summed E-state index contributed by atoms with van der Waals surface area (Å²) in [5.74, 6) is 1.43. The fourth-order valence-electron chi connectivity index (χ4n) is 4.25. The average molecular weight is 298 g/mol. The molecule has 1 aliphatic carbocycles. The lowest BCUT2D eigenvalue weighted by molar-refractivity contribution is 0.0537. The van der Waals surface area contributed by atoms with E-state index in [-0.39, 0.29) is 12.1 Å². The van der Waals surface area contributed by atoms with E-state index in [2.05, 4.69) is 24.2 Å². The van der Waals surface area contributed by atoms with Crippen LogP contribution in [-0.4, -0.2) is 62.0 Å². The highest BCUT2D eigenvalue weighted by Crippen LogP contribution is 2.37. The SMILES string of the molecule is CCNC1(CO)CCCC1CCN(C)CC1CCOCC1. The molecule has 0 amide bonds. The lowest BCUT2D eigenvalue weighted by atomic mass is 9.85. The van der Waals surface area contributed by atoms with Gasteiger partial charge in [0.2, 0.25) is 0 Å². The van der Waals surface area contributed by atoms with Gasteiger partial charge in [-0.2, -0.15) is 0 Å². The minimum atomic E-state index is -0.00569. The highest BCUT2D eigenvalue weighted by Gasteiger charge is 2.41. The summed E-state index contributed by atoms with van der Waals surface area (Å²) in [6.45, 7) is 7.61. The fraction of sp³-hybridized carbons (Fsp3) is 1.00. The summed E-state index contributed by atoms with van der Waals surface area (Å²) < 4.78 is 5.44. The molecule has 4 heteroatoms. The van der Waals surface area contributed by atoms with Crippen molar-refractivity contribution < 1.29 is 9.84 Å². The molecule has 1 saturated carbocycles. The first kappa shape index (κ1) is 17.2. The van der Waals surface area contributed by atoms with Gasteiger partial charge in [0.15, 0.2) is 0 Å². The third-order valence-corrected chi connectivity index (χ3v) is 5.54. The summed E-state index contributed by atoms with van der Waals surface area (Å²) in [4.78, 5) is 2.49. The van der Waals surface area contributed by atoms with Crippen molar-refractivity contribution in [1.29, 1.82) is 0 Å². The fourth-order valence-corrected chi connectivity index (χ4v) is 4.25. The van der Waals surface area contributed by atoms with E-state index in [9.17, 15) is 5.11 Å². The number of rotatable bonds is 8. The summed E-state index contributed by atoms with van der Waals surface area (Å²) in [6.07, 6.45) is 7.27. The predicted octanol–water partition coefficient (Wildman–Crippen LogP) is 1.88. The van der Waals surface area contributed by atoms with Crippen molar-refractivity contribution in [3.63, 3.8) is 0 Å². The minimum absolute atomic E-state index is 0.00569. The Morgan fingerprint density at radius 1 is 1.29 bits per heavy atom. The maximum Gasteiger partial charge on any atom is 0.0616 e. The van der Waals surface area contributed by atoms with Crippen molar-refractivity contribution in [3.05, 3.63) is 0 Å². The smallest absolute Gasteiger partial charge is 0.0616 e. The zero-order chi connectivity index (χ0) is 15.1. The van der Waals surface area contributed by atoms with E-state index < -0.39 is 0 Å². The number of hydrogen-bond acceptors (Lipinski definition) is 4. The van der Waals surface area contributed by atoms with Crippen LogP contribution in [0.1, 0.15) is 45.4 Å². The van der Waals surface area contributed by atoms with Gasteiger partial charge in [-0.05, 0) is 64.1 Å². The van der Waals surface area contributed by atoms with Gasteiger partial charge in [0.25, 0.3) is 0 Å².